The predicted molar refractivity (Wildman–Crippen MR) is 68.3 cm³/mol. The van der Waals surface area contributed by atoms with Gasteiger partial charge in [0.15, 0.2) is 0 Å². The number of carbonyl (C=O) groups excluding carboxylic acids is 1. The highest BCUT2D eigenvalue weighted by Crippen LogP contribution is 2.37. The fourth-order valence-corrected chi connectivity index (χ4v) is 1.66. The second-order valence-electron chi connectivity index (χ2n) is 4.83. The molecule has 0 saturated carbocycles. The molecule has 1 aromatic rings. The number of alkyl halides is 6. The van der Waals surface area contributed by atoms with Crippen molar-refractivity contribution < 1.29 is 46.1 Å². The van der Waals surface area contributed by atoms with Crippen LogP contribution in [0.3, 0.4) is 0 Å². The third kappa shape index (κ3) is 3.82. The summed E-state index contributed by atoms with van der Waals surface area (Å²) in [5, 5.41) is 26.8. The lowest BCUT2D eigenvalue weighted by molar-refractivity contribution is -0.243. The number of anilines is 1. The van der Waals surface area contributed by atoms with E-state index in [4.69, 9.17) is 10.4 Å². The molecule has 1 atom stereocenters. The number of nitrogens with zero attached hydrogens (tertiary/aromatic N) is 2. The summed E-state index contributed by atoms with van der Waals surface area (Å²) in [5.41, 5.74) is -7.87. The van der Waals surface area contributed by atoms with Gasteiger partial charge >= 0.3 is 18.4 Å². The molecule has 0 aliphatic rings. The Morgan fingerprint density at radius 1 is 1.16 bits per heavy atom. The molecular formula is C13H8F6N2O4. The summed E-state index contributed by atoms with van der Waals surface area (Å²) in [6, 6.07) is 2.23. The topological polar surface area (TPSA) is 102 Å². The number of halogens is 6. The van der Waals surface area contributed by atoms with Gasteiger partial charge in [-0.05, 0) is 25.1 Å². The highest BCUT2D eigenvalue weighted by Gasteiger charge is 2.58. The fourth-order valence-electron chi connectivity index (χ4n) is 1.66. The maximum absolute atomic E-state index is 12.9. The number of carbonyl (C=O) groups is 2. The number of nitriles is 1. The third-order valence-electron chi connectivity index (χ3n) is 3.05. The number of hydrogen-bond donors (Lipinski definition) is 2. The quantitative estimate of drug-likeness (QED) is 0.780. The molecule has 0 fully saturated rings. The molecule has 2 amide bonds. The number of amides is 2. The summed E-state index contributed by atoms with van der Waals surface area (Å²) in [6.45, 7) is -0.0421. The van der Waals surface area contributed by atoms with Gasteiger partial charge < -0.3 is 10.2 Å². The minimum atomic E-state index is -5.59. The van der Waals surface area contributed by atoms with Crippen molar-refractivity contribution in [2.24, 2.45) is 0 Å². The van der Waals surface area contributed by atoms with Gasteiger partial charge in [0.25, 0.3) is 5.91 Å². The Labute approximate surface area is 135 Å². The second-order valence-corrected chi connectivity index (χ2v) is 4.83. The van der Waals surface area contributed by atoms with Crippen LogP contribution in [0.25, 0.3) is 0 Å². The molecule has 0 bridgehead atoms. The second kappa shape index (κ2) is 6.25. The van der Waals surface area contributed by atoms with E-state index in [2.05, 4.69) is 0 Å². The largest absolute Gasteiger partial charge is 0.464 e. The number of benzene rings is 1. The zero-order valence-corrected chi connectivity index (χ0v) is 12.1. The summed E-state index contributed by atoms with van der Waals surface area (Å²) in [5.74, 6) is -2.43. The van der Waals surface area contributed by atoms with Gasteiger partial charge in [0.2, 0.25) is 5.60 Å². The summed E-state index contributed by atoms with van der Waals surface area (Å²) >= 11 is 0. The Balaban J connectivity index is 3.56. The lowest BCUT2D eigenvalue weighted by atomic mass is 10.0. The van der Waals surface area contributed by atoms with E-state index in [1.807, 2.05) is 0 Å². The predicted octanol–water partition coefficient (Wildman–Crippen LogP) is 2.90. The van der Waals surface area contributed by atoms with Crippen LogP contribution < -0.4 is 4.90 Å². The summed E-state index contributed by atoms with van der Waals surface area (Å²) in [6.07, 6.45) is -13.1. The first-order valence-corrected chi connectivity index (χ1v) is 6.12. The van der Waals surface area contributed by atoms with E-state index in [1.165, 1.54) is 6.07 Å². The van der Waals surface area contributed by atoms with Crippen molar-refractivity contribution in [2.75, 3.05) is 4.90 Å². The van der Waals surface area contributed by atoms with Crippen molar-refractivity contribution in [3.05, 3.63) is 29.3 Å². The fraction of sp³-hybridized carbons (Fsp3) is 0.308. The number of imide groups is 1. The van der Waals surface area contributed by atoms with Gasteiger partial charge in [-0.15, -0.1) is 0 Å². The SMILES string of the molecule is CC(O)(C(=O)N(C(=O)O)c1ccc(C#N)c(C(F)(F)F)c1)C(F)(F)F. The zero-order valence-electron chi connectivity index (χ0n) is 12.1. The van der Waals surface area contributed by atoms with Crippen LogP contribution in [0, 0.1) is 11.3 Å². The number of carboxylic acid groups (broad SMARTS) is 1. The Morgan fingerprint density at radius 3 is 2.04 bits per heavy atom. The van der Waals surface area contributed by atoms with Crippen molar-refractivity contribution in [1.29, 1.82) is 5.26 Å². The van der Waals surface area contributed by atoms with Crippen LogP contribution in [0.15, 0.2) is 18.2 Å². The number of rotatable bonds is 2. The first-order valence-electron chi connectivity index (χ1n) is 6.12. The molecule has 6 nitrogen and oxygen atoms in total. The molecular weight excluding hydrogens is 362 g/mol. The van der Waals surface area contributed by atoms with Gasteiger partial charge in [0.1, 0.15) is 0 Å². The molecule has 136 valence electrons. The molecule has 12 heteroatoms. The molecule has 0 heterocycles. The van der Waals surface area contributed by atoms with Gasteiger partial charge in [-0.3, -0.25) is 4.79 Å². The molecule has 0 aliphatic carbocycles. The smallest absolute Gasteiger partial charge is 0.426 e. The highest BCUT2D eigenvalue weighted by atomic mass is 19.4. The normalized spacial score (nSPS) is 14.4. The average molecular weight is 370 g/mol. The first kappa shape index (κ1) is 20.2. The molecule has 0 aliphatic heterocycles. The van der Waals surface area contributed by atoms with Crippen molar-refractivity contribution in [3.63, 3.8) is 0 Å². The summed E-state index contributed by atoms with van der Waals surface area (Å²) < 4.78 is 76.7. The highest BCUT2D eigenvalue weighted by molar-refractivity contribution is 6.15. The molecule has 1 aromatic carbocycles. The van der Waals surface area contributed by atoms with E-state index in [9.17, 15) is 41.0 Å². The Kier molecular flexibility index (Phi) is 5.05. The van der Waals surface area contributed by atoms with Gasteiger partial charge in [-0.1, -0.05) is 0 Å². The molecule has 1 unspecified atom stereocenters. The molecule has 0 radical (unpaired) electrons. The molecule has 1 rings (SSSR count). The summed E-state index contributed by atoms with van der Waals surface area (Å²) in [4.78, 5) is 22.2. The van der Waals surface area contributed by atoms with Crippen LogP contribution in [0.1, 0.15) is 18.1 Å². The first-order chi connectivity index (χ1) is 11.1. The average Bonchev–Trinajstić information content (AvgIpc) is 2.44. The Morgan fingerprint density at radius 2 is 1.68 bits per heavy atom. The van der Waals surface area contributed by atoms with Gasteiger partial charge in [0.05, 0.1) is 22.9 Å². The van der Waals surface area contributed by atoms with Gasteiger partial charge in [-0.2, -0.15) is 31.6 Å². The van der Waals surface area contributed by atoms with E-state index in [-0.39, 0.29) is 13.0 Å². The van der Waals surface area contributed by atoms with Crippen LogP contribution >= 0.6 is 0 Å². The van der Waals surface area contributed by atoms with Crippen LogP contribution in [-0.2, 0) is 11.0 Å². The van der Waals surface area contributed by atoms with Gasteiger partial charge in [-0.25, -0.2) is 9.69 Å². The van der Waals surface area contributed by atoms with Crippen molar-refractivity contribution in [3.8, 4) is 6.07 Å². The van der Waals surface area contributed by atoms with Crippen molar-refractivity contribution in [1.82, 2.24) is 0 Å². The molecule has 2 N–H and O–H groups in total. The lowest BCUT2D eigenvalue weighted by Crippen LogP contribution is -2.57. The molecule has 0 aromatic heterocycles. The Hall–Kier alpha value is -2.81. The lowest BCUT2D eigenvalue weighted by Gasteiger charge is -2.29. The maximum Gasteiger partial charge on any atom is 0.426 e. The van der Waals surface area contributed by atoms with Crippen molar-refractivity contribution >= 4 is 17.7 Å². The molecule has 0 saturated heterocycles. The Bertz CT molecular complexity index is 748. The van der Waals surface area contributed by atoms with Crippen LogP contribution in [0.4, 0.5) is 36.8 Å². The summed E-state index contributed by atoms with van der Waals surface area (Å²) in [7, 11) is 0. The third-order valence-corrected chi connectivity index (χ3v) is 3.05. The molecule has 25 heavy (non-hydrogen) atoms. The standard InChI is InChI=1S/C13H8F6N2O4/c1-11(25,13(17,18)19)9(22)21(10(23)24)7-3-2-6(5-20)8(4-7)12(14,15)16/h2-4,25H,1H3,(H,23,24). The maximum atomic E-state index is 12.9. The minimum Gasteiger partial charge on any atom is -0.464 e. The van der Waals surface area contributed by atoms with E-state index in [0.717, 1.165) is 0 Å². The van der Waals surface area contributed by atoms with E-state index >= 15 is 0 Å². The van der Waals surface area contributed by atoms with Crippen molar-refractivity contribution in [2.45, 2.75) is 24.9 Å². The van der Waals surface area contributed by atoms with Crippen LogP contribution in [0.5, 0.6) is 0 Å². The van der Waals surface area contributed by atoms with E-state index < -0.39 is 51.7 Å². The number of aliphatic hydroxyl groups is 1. The van der Waals surface area contributed by atoms with Crippen LogP contribution in [0.2, 0.25) is 0 Å². The van der Waals surface area contributed by atoms with Crippen LogP contribution in [-0.4, -0.2) is 34.0 Å². The molecule has 0 spiro atoms. The monoisotopic (exact) mass is 370 g/mol. The minimum absolute atomic E-state index is 0.0248. The van der Waals surface area contributed by atoms with Gasteiger partial charge in [0, 0.05) is 0 Å². The number of hydrogen-bond acceptors (Lipinski definition) is 4. The van der Waals surface area contributed by atoms with E-state index in [0.29, 0.717) is 12.1 Å². The zero-order chi connectivity index (χ0) is 19.8. The van der Waals surface area contributed by atoms with E-state index in [1.54, 1.807) is 0 Å².